The molecule has 2 unspecified atom stereocenters. The first-order valence-electron chi connectivity index (χ1n) is 25.2. The molecule has 5 aromatic rings. The van der Waals surface area contributed by atoms with Gasteiger partial charge in [0.05, 0.1) is 13.7 Å². The maximum atomic E-state index is 14.5. The number of nitrogens with two attached hydrogens (primary N) is 1. The molecule has 0 saturated carbocycles. The van der Waals surface area contributed by atoms with Crippen molar-refractivity contribution in [1.29, 1.82) is 0 Å². The number of aryl methyl sites for hydroxylation is 2. The van der Waals surface area contributed by atoms with Crippen molar-refractivity contribution in [3.63, 3.8) is 0 Å². The summed E-state index contributed by atoms with van der Waals surface area (Å²) in [5, 5.41) is 18.8. The molecule has 6 atom stereocenters. The number of phosphoric ester groups is 1. The zero-order valence-electron chi connectivity index (χ0n) is 44.4. The molecule has 426 valence electrons. The van der Waals surface area contributed by atoms with Gasteiger partial charge in [0.15, 0.2) is 12.4 Å². The number of alkyl carbamates (subject to hydrolysis) is 1. The van der Waals surface area contributed by atoms with Crippen LogP contribution in [0.2, 0.25) is 0 Å². The summed E-state index contributed by atoms with van der Waals surface area (Å²) < 4.78 is 63.9. The smallest absolute Gasteiger partial charge is 0.437 e. The number of ether oxygens (including phenoxy) is 2. The van der Waals surface area contributed by atoms with Gasteiger partial charge in [0.25, 0.3) is 17.4 Å². The number of carbonyl (C=O) groups is 3. The van der Waals surface area contributed by atoms with E-state index in [1.807, 2.05) is 38.4 Å². The summed E-state index contributed by atoms with van der Waals surface area (Å²) in [6.07, 6.45) is -4.40. The van der Waals surface area contributed by atoms with Crippen molar-refractivity contribution in [3.05, 3.63) is 115 Å². The fraction of sp³-hybridized carbons (Fsp3) is 0.449. The molecule has 3 aliphatic rings. The molecule has 0 bridgehead atoms. The molecular formula is C49H65N10O17P3+2. The predicted octanol–water partition coefficient (Wildman–Crippen LogP) is 0.906. The quantitative estimate of drug-likeness (QED) is 0.0297. The summed E-state index contributed by atoms with van der Waals surface area (Å²) >= 11 is 0. The summed E-state index contributed by atoms with van der Waals surface area (Å²) in [4.78, 5) is 101. The molecule has 27 nitrogen and oxygen atoms in total. The first-order chi connectivity index (χ1) is 37.1. The molecular weight excluding hydrogens is 1090 g/mol. The Morgan fingerprint density at radius 3 is 2.41 bits per heavy atom. The number of anilines is 2. The van der Waals surface area contributed by atoms with Gasteiger partial charge in [-0.1, -0.05) is 43.1 Å². The third-order valence-corrected chi connectivity index (χ3v) is 17.8. The third-order valence-electron chi connectivity index (χ3n) is 14.0. The van der Waals surface area contributed by atoms with Crippen LogP contribution in [0, 0.1) is 0 Å². The molecule has 1 aliphatic carbocycles. The lowest BCUT2D eigenvalue weighted by Gasteiger charge is -2.36. The van der Waals surface area contributed by atoms with Crippen molar-refractivity contribution in [2.75, 3.05) is 71.1 Å². The minimum absolute atomic E-state index is 0.0315. The average Bonchev–Trinajstić information content (AvgIpc) is 3.99. The molecule has 30 heteroatoms. The zero-order valence-corrected chi connectivity index (χ0v) is 47.1. The Kier molecular flexibility index (Phi) is 17.3. The lowest BCUT2D eigenvalue weighted by molar-refractivity contribution is -0.745. The number of aliphatic hydroxyl groups excluding tert-OH is 1. The maximum absolute atomic E-state index is 14.5. The number of hydrogen-bond acceptors (Lipinski definition) is 16. The SMILES string of the molecule is CC[N+]1=c2cc3c(cc2CCC1)=C(c1ccccc1C(=O)N(C)CCCC(=O)NCCNC(=O)O[C@@H]1[C@H](O)[C@@H](COP(=O)(O)OP(=O)(O)OP(=O)(O)O)O[C@H]1[n+]1cn(C)c2c(=O)[nH]c(N)nc21)c1ccc(N(C)C)cc1C3(C)C. The number of aromatic nitrogens is 4. The number of hydrogen-bond donors (Lipinski definition) is 9. The van der Waals surface area contributed by atoms with E-state index in [0.717, 1.165) is 63.7 Å². The first-order valence-corrected chi connectivity index (χ1v) is 29.7. The second-order valence-electron chi connectivity index (χ2n) is 20.1. The molecule has 1 saturated heterocycles. The predicted molar refractivity (Wildman–Crippen MR) is 285 cm³/mol. The van der Waals surface area contributed by atoms with Gasteiger partial charge in [0.1, 0.15) is 25.3 Å². The van der Waals surface area contributed by atoms with Crippen LogP contribution in [0.25, 0.3) is 16.7 Å². The third kappa shape index (κ3) is 12.9. The van der Waals surface area contributed by atoms with Crippen LogP contribution in [-0.2, 0) is 60.0 Å². The van der Waals surface area contributed by atoms with E-state index in [-0.39, 0.29) is 60.4 Å². The first kappa shape index (κ1) is 59.0. The van der Waals surface area contributed by atoms with Crippen LogP contribution in [0.3, 0.4) is 0 Å². The van der Waals surface area contributed by atoms with Gasteiger partial charge in [-0.25, -0.2) is 27.6 Å². The number of fused-ring (bicyclic) bond motifs is 4. The Hall–Kier alpha value is -6.18. The van der Waals surface area contributed by atoms with Gasteiger partial charge >= 0.3 is 35.2 Å². The lowest BCUT2D eigenvalue weighted by Crippen LogP contribution is -2.49. The number of nitrogens with zero attached hydrogens (tertiary/aromatic N) is 6. The van der Waals surface area contributed by atoms with E-state index in [0.29, 0.717) is 12.0 Å². The number of benzene rings is 3. The minimum atomic E-state index is -5.90. The highest BCUT2D eigenvalue weighted by molar-refractivity contribution is 7.66. The van der Waals surface area contributed by atoms with E-state index in [9.17, 15) is 47.8 Å². The van der Waals surface area contributed by atoms with Gasteiger partial charge < -0.3 is 60.3 Å². The summed E-state index contributed by atoms with van der Waals surface area (Å²) in [6, 6.07) is 18.9. The van der Waals surface area contributed by atoms with Crippen molar-refractivity contribution in [2.45, 2.75) is 76.4 Å². The van der Waals surface area contributed by atoms with Gasteiger partial charge in [-0.05, 0) is 77.1 Å². The highest BCUT2D eigenvalue weighted by Gasteiger charge is 2.52. The summed E-state index contributed by atoms with van der Waals surface area (Å²) in [6.45, 7) is 7.47. The van der Waals surface area contributed by atoms with Crippen LogP contribution in [0.15, 0.2) is 65.7 Å². The van der Waals surface area contributed by atoms with E-state index in [1.165, 1.54) is 34.4 Å². The number of aromatic amines is 1. The highest BCUT2D eigenvalue weighted by Crippen LogP contribution is 2.66. The molecule has 4 heterocycles. The Balaban J connectivity index is 0.904. The maximum Gasteiger partial charge on any atom is 0.490 e. The van der Waals surface area contributed by atoms with Crippen LogP contribution in [0.1, 0.15) is 84.4 Å². The van der Waals surface area contributed by atoms with Gasteiger partial charge in [-0.2, -0.15) is 8.62 Å². The Morgan fingerprint density at radius 1 is 0.975 bits per heavy atom. The molecule has 2 aromatic heterocycles. The van der Waals surface area contributed by atoms with E-state index in [4.69, 9.17) is 25.0 Å². The van der Waals surface area contributed by atoms with Crippen molar-refractivity contribution in [2.24, 2.45) is 7.05 Å². The molecule has 79 heavy (non-hydrogen) atoms. The van der Waals surface area contributed by atoms with Gasteiger partial charge in [-0.15, -0.1) is 0 Å². The van der Waals surface area contributed by atoms with Gasteiger partial charge in [0.2, 0.25) is 23.0 Å². The lowest BCUT2D eigenvalue weighted by atomic mass is 9.68. The van der Waals surface area contributed by atoms with Crippen LogP contribution >= 0.6 is 23.5 Å². The molecule has 0 spiro atoms. The zero-order chi connectivity index (χ0) is 57.5. The summed E-state index contributed by atoms with van der Waals surface area (Å²) in [5.41, 5.74) is 12.7. The average molecular weight is 1160 g/mol. The standard InChI is InChI=1S/C49H63N10O17P3/c1-8-58-22-11-13-28-23-33-35(25-36(28)58)49(2,3)34-24-29(55(4)5)17-18-32(34)39(33)30-14-9-10-15-31(30)45(63)56(6)21-12-16-38(60)51-19-20-52-48(64)74-42-41(61)37(26-72-78(68,69)76-79(70,71)75-77(65,66)67)73-46(42)59-27-57(7)40-43(59)53-47(50)54-44(40)62/h9-10,14-15,17-18,23-25,27,37,41-42,46,61H,8,11-13,16,19-22,26H2,1-7H3,(H7-2,50,51,52,53,54,60,62,64,65,66,67,68,69,70,71)/p+2/t37-,41-,42-,46-/m1/s1. The van der Waals surface area contributed by atoms with Crippen molar-refractivity contribution in [3.8, 4) is 0 Å². The van der Waals surface area contributed by atoms with Crippen LogP contribution in [-0.4, -0.2) is 141 Å². The summed E-state index contributed by atoms with van der Waals surface area (Å²) in [5.74, 6) is -0.909. The van der Waals surface area contributed by atoms with E-state index < -0.39 is 66.3 Å². The number of H-pyrrole nitrogens is 1. The topological polar surface area (TPSA) is 364 Å². The molecule has 3 aromatic carbocycles. The number of imidazole rings is 1. The Bertz CT molecular complexity index is 3570. The van der Waals surface area contributed by atoms with E-state index in [1.54, 1.807) is 11.9 Å². The minimum Gasteiger partial charge on any atom is -0.437 e. The number of nitrogen functional groups attached to an aromatic ring is 1. The number of rotatable bonds is 20. The van der Waals surface area contributed by atoms with Crippen LogP contribution < -0.4 is 46.5 Å². The number of aliphatic hydroxyl groups is 1. The van der Waals surface area contributed by atoms with Crippen LogP contribution in [0.4, 0.5) is 16.4 Å². The molecule has 1 fully saturated rings. The van der Waals surface area contributed by atoms with E-state index >= 15 is 0 Å². The van der Waals surface area contributed by atoms with Crippen molar-refractivity contribution < 1.29 is 79.9 Å². The van der Waals surface area contributed by atoms with Gasteiger partial charge in [-0.3, -0.25) is 28.5 Å². The fourth-order valence-corrected chi connectivity index (χ4v) is 13.3. The number of carbonyl (C=O) groups excluding carboxylic acids is 3. The highest BCUT2D eigenvalue weighted by atomic mass is 31.3. The van der Waals surface area contributed by atoms with E-state index in [2.05, 4.69) is 94.3 Å². The molecule has 3 amide bonds. The van der Waals surface area contributed by atoms with Crippen molar-refractivity contribution >= 4 is 69.7 Å². The van der Waals surface area contributed by atoms with Crippen LogP contribution in [0.5, 0.6) is 0 Å². The number of phosphoric acid groups is 3. The Morgan fingerprint density at radius 2 is 1.70 bits per heavy atom. The summed E-state index contributed by atoms with van der Waals surface area (Å²) in [7, 11) is -10.1. The van der Waals surface area contributed by atoms with Crippen molar-refractivity contribution in [1.82, 2.24) is 34.6 Å². The second-order valence-corrected chi connectivity index (χ2v) is 24.5. The number of amides is 3. The molecule has 0 radical (unpaired) electrons. The number of nitrogens with one attached hydrogen (secondary N) is 3. The molecule has 2 aliphatic heterocycles. The monoisotopic (exact) mass is 1160 g/mol. The molecule has 10 N–H and O–H groups in total. The van der Waals surface area contributed by atoms with Gasteiger partial charge in [0, 0.05) is 81.9 Å². The normalized spacial score (nSPS) is 20.1. The Labute approximate surface area is 452 Å². The molecule has 8 rings (SSSR count). The fourth-order valence-electron chi connectivity index (χ4n) is 10.3. The largest absolute Gasteiger partial charge is 0.490 e. The second kappa shape index (κ2) is 23.1.